The number of hydrogen-bond acceptors (Lipinski definition) is 5. The van der Waals surface area contributed by atoms with Crippen LogP contribution in [0.25, 0.3) is 10.2 Å². The molecule has 0 N–H and O–H groups in total. The van der Waals surface area contributed by atoms with Crippen LogP contribution in [-0.2, 0) is 6.54 Å². The lowest BCUT2D eigenvalue weighted by Gasteiger charge is -2.21. The molecule has 0 saturated carbocycles. The van der Waals surface area contributed by atoms with Gasteiger partial charge in [-0.3, -0.25) is 14.7 Å². The van der Waals surface area contributed by atoms with Crippen molar-refractivity contribution in [1.29, 1.82) is 0 Å². The minimum absolute atomic E-state index is 0.00837. The molecule has 0 atom stereocenters. The Morgan fingerprint density at radius 3 is 2.50 bits per heavy atom. The van der Waals surface area contributed by atoms with E-state index < -0.39 is 17.5 Å². The Hall–Kier alpha value is -4.17. The van der Waals surface area contributed by atoms with E-state index in [1.807, 2.05) is 24.3 Å². The second kappa shape index (κ2) is 9.36. The summed E-state index contributed by atoms with van der Waals surface area (Å²) in [7, 11) is 0. The van der Waals surface area contributed by atoms with Crippen LogP contribution >= 0.6 is 11.3 Å². The van der Waals surface area contributed by atoms with Crippen LogP contribution in [-0.4, -0.2) is 15.9 Å². The summed E-state index contributed by atoms with van der Waals surface area (Å²) >= 11 is 1.03. The fraction of sp³-hybridized carbons (Fsp3) is 0.0385. The first-order valence-corrected chi connectivity index (χ1v) is 11.2. The summed E-state index contributed by atoms with van der Waals surface area (Å²) in [6.45, 7) is 0.0866. The molecule has 168 valence electrons. The molecular weight excluding hydrogens is 456 g/mol. The predicted molar refractivity (Wildman–Crippen MR) is 127 cm³/mol. The molecule has 0 aliphatic carbocycles. The molecule has 2 aromatic heterocycles. The first-order valence-electron chi connectivity index (χ1n) is 10.4. The third kappa shape index (κ3) is 4.49. The van der Waals surface area contributed by atoms with Gasteiger partial charge in [0.1, 0.15) is 22.8 Å². The SMILES string of the molecule is O=C(c1ccccc1Oc1ccccc1)N(Cc1ccccn1)c1nc2c(F)cc(F)cc2s1. The predicted octanol–water partition coefficient (Wildman–Crippen LogP) is 6.61. The summed E-state index contributed by atoms with van der Waals surface area (Å²) in [4.78, 5) is 23.8. The molecule has 0 spiro atoms. The fourth-order valence-corrected chi connectivity index (χ4v) is 4.44. The summed E-state index contributed by atoms with van der Waals surface area (Å²) in [6, 6.07) is 23.3. The molecule has 0 bridgehead atoms. The molecule has 0 aliphatic heterocycles. The maximum atomic E-state index is 14.3. The maximum Gasteiger partial charge on any atom is 0.264 e. The van der Waals surface area contributed by atoms with Crippen LogP contribution in [0.5, 0.6) is 11.5 Å². The largest absolute Gasteiger partial charge is 0.457 e. The number of thiazole rings is 1. The Balaban J connectivity index is 1.58. The third-order valence-corrected chi connectivity index (χ3v) is 6.04. The molecule has 5 nitrogen and oxygen atoms in total. The van der Waals surface area contributed by atoms with Crippen molar-refractivity contribution in [3.63, 3.8) is 0 Å². The molecular formula is C26H17F2N3O2S. The molecule has 0 unspecified atom stereocenters. The summed E-state index contributed by atoms with van der Waals surface area (Å²) in [6.07, 6.45) is 1.62. The molecule has 1 amide bonds. The van der Waals surface area contributed by atoms with E-state index >= 15 is 0 Å². The smallest absolute Gasteiger partial charge is 0.264 e. The molecule has 0 saturated heterocycles. The number of carbonyl (C=O) groups excluding carboxylic acids is 1. The van der Waals surface area contributed by atoms with Crippen molar-refractivity contribution in [2.75, 3.05) is 4.90 Å². The Morgan fingerprint density at radius 2 is 1.71 bits per heavy atom. The number of carbonyl (C=O) groups is 1. The number of nitrogens with zero attached hydrogens (tertiary/aromatic N) is 3. The van der Waals surface area contributed by atoms with Gasteiger partial charge in [0.25, 0.3) is 5.91 Å². The van der Waals surface area contributed by atoms with Gasteiger partial charge in [-0.1, -0.05) is 47.7 Å². The molecule has 34 heavy (non-hydrogen) atoms. The van der Waals surface area contributed by atoms with Crippen LogP contribution < -0.4 is 9.64 Å². The minimum Gasteiger partial charge on any atom is -0.457 e. The van der Waals surface area contributed by atoms with Gasteiger partial charge in [0.15, 0.2) is 10.9 Å². The number of hydrogen-bond donors (Lipinski definition) is 0. The number of aromatic nitrogens is 2. The number of halogens is 2. The average Bonchev–Trinajstić information content (AvgIpc) is 3.28. The molecule has 3 aromatic carbocycles. The molecule has 0 fully saturated rings. The highest BCUT2D eigenvalue weighted by molar-refractivity contribution is 7.22. The number of ether oxygens (including phenoxy) is 1. The van der Waals surface area contributed by atoms with Crippen molar-refractivity contribution in [1.82, 2.24) is 9.97 Å². The van der Waals surface area contributed by atoms with E-state index in [0.717, 1.165) is 17.4 Å². The van der Waals surface area contributed by atoms with Gasteiger partial charge in [0, 0.05) is 12.3 Å². The maximum absolute atomic E-state index is 14.3. The molecule has 5 rings (SSSR count). The summed E-state index contributed by atoms with van der Waals surface area (Å²) in [5.41, 5.74) is 0.922. The fourth-order valence-electron chi connectivity index (χ4n) is 3.43. The zero-order chi connectivity index (χ0) is 23.5. The van der Waals surface area contributed by atoms with Crippen molar-refractivity contribution >= 4 is 32.6 Å². The minimum atomic E-state index is -0.782. The Labute approximate surface area is 197 Å². The second-order valence-electron chi connectivity index (χ2n) is 7.35. The summed E-state index contributed by atoms with van der Waals surface area (Å²) in [5.74, 6) is -0.948. The zero-order valence-corrected chi connectivity index (χ0v) is 18.5. The van der Waals surface area contributed by atoms with Crippen LogP contribution in [0.4, 0.5) is 13.9 Å². The Kier molecular flexibility index (Phi) is 5.97. The average molecular weight is 474 g/mol. The molecule has 0 aliphatic rings. The Morgan fingerprint density at radius 1 is 0.941 bits per heavy atom. The number of fused-ring (bicyclic) bond motifs is 1. The molecule has 0 radical (unpaired) electrons. The van der Waals surface area contributed by atoms with Crippen LogP contribution in [0, 0.1) is 11.6 Å². The van der Waals surface area contributed by atoms with Gasteiger partial charge < -0.3 is 4.74 Å². The van der Waals surface area contributed by atoms with Crippen LogP contribution in [0.15, 0.2) is 91.1 Å². The standard InChI is InChI=1S/C26H17F2N3O2S/c27-17-14-21(28)24-23(15-17)34-26(30-24)31(16-18-8-6-7-13-29-18)25(32)20-11-4-5-12-22(20)33-19-9-2-1-3-10-19/h1-15H,16H2. The van der Waals surface area contributed by atoms with Crippen LogP contribution in [0.2, 0.25) is 0 Å². The lowest BCUT2D eigenvalue weighted by Crippen LogP contribution is -2.31. The molecule has 5 aromatic rings. The van der Waals surface area contributed by atoms with E-state index in [-0.39, 0.29) is 17.2 Å². The number of para-hydroxylation sites is 2. The van der Waals surface area contributed by atoms with Crippen LogP contribution in [0.1, 0.15) is 16.1 Å². The van der Waals surface area contributed by atoms with Crippen molar-refractivity contribution in [2.45, 2.75) is 6.54 Å². The lowest BCUT2D eigenvalue weighted by atomic mass is 10.1. The van der Waals surface area contributed by atoms with E-state index in [1.54, 1.807) is 54.7 Å². The van der Waals surface area contributed by atoms with Gasteiger partial charge in [-0.25, -0.2) is 13.8 Å². The van der Waals surface area contributed by atoms with Gasteiger partial charge >= 0.3 is 0 Å². The monoisotopic (exact) mass is 473 g/mol. The van der Waals surface area contributed by atoms with E-state index in [1.165, 1.54) is 11.0 Å². The van der Waals surface area contributed by atoms with E-state index in [9.17, 15) is 13.6 Å². The van der Waals surface area contributed by atoms with Crippen LogP contribution in [0.3, 0.4) is 0 Å². The molecule has 8 heteroatoms. The lowest BCUT2D eigenvalue weighted by molar-refractivity contribution is 0.0982. The number of anilines is 1. The Bertz CT molecular complexity index is 1460. The number of amides is 1. The highest BCUT2D eigenvalue weighted by atomic mass is 32.1. The van der Waals surface area contributed by atoms with Crippen molar-refractivity contribution in [2.24, 2.45) is 0 Å². The number of rotatable bonds is 6. The van der Waals surface area contributed by atoms with Gasteiger partial charge in [-0.05, 0) is 42.5 Å². The van der Waals surface area contributed by atoms with Gasteiger partial charge in [-0.2, -0.15) is 0 Å². The van der Waals surface area contributed by atoms with Gasteiger partial charge in [0.2, 0.25) is 0 Å². The van der Waals surface area contributed by atoms with E-state index in [0.29, 0.717) is 27.5 Å². The second-order valence-corrected chi connectivity index (χ2v) is 8.36. The topological polar surface area (TPSA) is 55.3 Å². The summed E-state index contributed by atoms with van der Waals surface area (Å²) < 4.78 is 34.4. The highest BCUT2D eigenvalue weighted by Crippen LogP contribution is 2.34. The van der Waals surface area contributed by atoms with Gasteiger partial charge in [0.05, 0.1) is 22.5 Å². The third-order valence-electron chi connectivity index (χ3n) is 5.01. The quantitative estimate of drug-likeness (QED) is 0.279. The number of pyridine rings is 1. The van der Waals surface area contributed by atoms with Gasteiger partial charge in [-0.15, -0.1) is 0 Å². The normalized spacial score (nSPS) is 10.9. The molecule has 2 heterocycles. The highest BCUT2D eigenvalue weighted by Gasteiger charge is 2.26. The van der Waals surface area contributed by atoms with E-state index in [4.69, 9.17) is 4.74 Å². The van der Waals surface area contributed by atoms with Crippen molar-refractivity contribution < 1.29 is 18.3 Å². The summed E-state index contributed by atoms with van der Waals surface area (Å²) in [5, 5.41) is 0.227. The van der Waals surface area contributed by atoms with Crippen molar-refractivity contribution in [3.05, 3.63) is 114 Å². The first kappa shape index (κ1) is 21.7. The first-order chi connectivity index (χ1) is 16.6. The van der Waals surface area contributed by atoms with E-state index in [2.05, 4.69) is 9.97 Å². The zero-order valence-electron chi connectivity index (χ0n) is 17.7. The van der Waals surface area contributed by atoms with Crippen molar-refractivity contribution in [3.8, 4) is 11.5 Å². The number of benzene rings is 3.